The maximum atomic E-state index is 11.9. The first-order valence-electron chi connectivity index (χ1n) is 6.54. The van der Waals surface area contributed by atoms with Gasteiger partial charge in [-0.2, -0.15) is 0 Å². The second-order valence-corrected chi connectivity index (χ2v) is 7.39. The fourth-order valence-electron chi connectivity index (χ4n) is 3.66. The Morgan fingerprint density at radius 2 is 1.89 bits per heavy atom. The van der Waals surface area contributed by atoms with Gasteiger partial charge in [0.15, 0.2) is 0 Å². The maximum absolute atomic E-state index is 11.9. The number of amides is 1. The molecule has 2 bridgehead atoms. The van der Waals surface area contributed by atoms with Crippen LogP contribution in [0.2, 0.25) is 0 Å². The molecule has 5 nitrogen and oxygen atoms in total. The number of hydrogen-bond donors (Lipinski definition) is 1. The van der Waals surface area contributed by atoms with Gasteiger partial charge in [-0.3, -0.25) is 0 Å². The molecule has 2 N–H and O–H groups in total. The van der Waals surface area contributed by atoms with E-state index in [0.717, 1.165) is 12.8 Å². The molecule has 1 saturated carbocycles. The lowest BCUT2D eigenvalue weighted by Gasteiger charge is -2.53. The lowest BCUT2D eigenvalue weighted by Crippen LogP contribution is -2.75. The number of rotatable bonds is 0. The second kappa shape index (κ2) is 3.02. The van der Waals surface area contributed by atoms with Crippen LogP contribution in [0.25, 0.3) is 0 Å². The van der Waals surface area contributed by atoms with Crippen LogP contribution >= 0.6 is 0 Å². The first-order valence-corrected chi connectivity index (χ1v) is 6.54. The van der Waals surface area contributed by atoms with E-state index < -0.39 is 5.60 Å². The molecule has 0 aromatic rings. The third-order valence-corrected chi connectivity index (χ3v) is 4.27. The van der Waals surface area contributed by atoms with Crippen molar-refractivity contribution in [2.45, 2.75) is 62.9 Å². The molecule has 0 atom stereocenters. The van der Waals surface area contributed by atoms with Gasteiger partial charge in [0.05, 0.1) is 24.2 Å². The molecule has 4 rings (SSSR count). The smallest absolute Gasteiger partial charge is 0.410 e. The lowest BCUT2D eigenvalue weighted by atomic mass is 9.61. The molecule has 0 radical (unpaired) electrons. The summed E-state index contributed by atoms with van der Waals surface area (Å²) in [6.45, 7) is 8.84. The zero-order valence-electron chi connectivity index (χ0n) is 11.6. The Kier molecular flexibility index (Phi) is 2.05. The summed E-state index contributed by atoms with van der Waals surface area (Å²) in [7, 11) is 0. The van der Waals surface area contributed by atoms with Gasteiger partial charge in [0.2, 0.25) is 0 Å². The molecule has 3 aliphatic heterocycles. The number of hydrogen-bond acceptors (Lipinski definition) is 4. The molecule has 1 amide bonds. The Morgan fingerprint density at radius 1 is 1.33 bits per heavy atom. The second-order valence-electron chi connectivity index (χ2n) is 7.39. The Labute approximate surface area is 108 Å². The van der Waals surface area contributed by atoms with Crippen molar-refractivity contribution in [3.63, 3.8) is 0 Å². The average Bonchev–Trinajstić information content (AvgIpc) is 2.39. The van der Waals surface area contributed by atoms with Gasteiger partial charge in [0.1, 0.15) is 11.2 Å². The highest BCUT2D eigenvalue weighted by molar-refractivity contribution is 5.70. The highest BCUT2D eigenvalue weighted by atomic mass is 16.6. The zero-order valence-corrected chi connectivity index (χ0v) is 11.6. The minimum Gasteiger partial charge on any atom is -0.444 e. The Morgan fingerprint density at radius 3 is 2.28 bits per heavy atom. The molecule has 4 aliphatic rings. The highest BCUT2D eigenvalue weighted by Gasteiger charge is 2.75. The predicted octanol–water partition coefficient (Wildman–Crippen LogP) is 1.26. The van der Waals surface area contributed by atoms with Crippen LogP contribution in [0.5, 0.6) is 0 Å². The van der Waals surface area contributed by atoms with Gasteiger partial charge in [0.25, 0.3) is 0 Å². The first-order chi connectivity index (χ1) is 8.07. The van der Waals surface area contributed by atoms with Crippen LogP contribution in [0, 0.1) is 0 Å². The molecule has 5 heteroatoms. The van der Waals surface area contributed by atoms with Crippen LogP contribution < -0.4 is 5.73 Å². The molecule has 1 aliphatic carbocycles. The van der Waals surface area contributed by atoms with E-state index in [1.165, 1.54) is 0 Å². The van der Waals surface area contributed by atoms with Crippen molar-refractivity contribution >= 4 is 6.09 Å². The van der Waals surface area contributed by atoms with Crippen molar-refractivity contribution in [2.24, 2.45) is 5.73 Å². The van der Waals surface area contributed by atoms with Gasteiger partial charge < -0.3 is 20.1 Å². The van der Waals surface area contributed by atoms with E-state index in [0.29, 0.717) is 13.1 Å². The largest absolute Gasteiger partial charge is 0.444 e. The number of carbonyl (C=O) groups excluding carboxylic acids is 1. The number of likely N-dealkylation sites (tertiary alicyclic amines) is 1. The van der Waals surface area contributed by atoms with Crippen molar-refractivity contribution in [3.05, 3.63) is 0 Å². The number of carbonyl (C=O) groups is 1. The monoisotopic (exact) mass is 254 g/mol. The molecular weight excluding hydrogens is 232 g/mol. The molecule has 0 unspecified atom stereocenters. The molecule has 3 heterocycles. The summed E-state index contributed by atoms with van der Waals surface area (Å²) in [5, 5.41) is 0. The number of ether oxygens (including phenoxy) is 2. The van der Waals surface area contributed by atoms with Gasteiger partial charge in [0, 0.05) is 0 Å². The molecule has 0 aromatic heterocycles. The van der Waals surface area contributed by atoms with Crippen LogP contribution in [0.4, 0.5) is 4.79 Å². The summed E-state index contributed by atoms with van der Waals surface area (Å²) < 4.78 is 11.4. The van der Waals surface area contributed by atoms with Crippen LogP contribution in [0.15, 0.2) is 0 Å². The summed E-state index contributed by atoms with van der Waals surface area (Å²) in [5.41, 5.74) is 5.28. The van der Waals surface area contributed by atoms with Gasteiger partial charge >= 0.3 is 6.09 Å². The van der Waals surface area contributed by atoms with E-state index in [1.54, 1.807) is 4.90 Å². The summed E-state index contributed by atoms with van der Waals surface area (Å²) in [5.74, 6) is 0. The SMILES string of the molecule is CC(C)(C)OC(=O)N1CC2(C1)OC1(C)CC2(N)C1. The number of nitrogens with zero attached hydrogens (tertiary/aromatic N) is 1. The molecule has 1 spiro atoms. The van der Waals surface area contributed by atoms with Gasteiger partial charge in [-0.1, -0.05) is 0 Å². The average molecular weight is 254 g/mol. The Balaban J connectivity index is 1.63. The van der Waals surface area contributed by atoms with Gasteiger partial charge in [-0.05, 0) is 40.5 Å². The summed E-state index contributed by atoms with van der Waals surface area (Å²) in [6.07, 6.45) is 1.54. The third-order valence-electron chi connectivity index (χ3n) is 4.27. The fourth-order valence-corrected chi connectivity index (χ4v) is 3.66. The highest BCUT2D eigenvalue weighted by Crippen LogP contribution is 2.61. The van der Waals surface area contributed by atoms with Crippen LogP contribution in [-0.2, 0) is 9.47 Å². The number of nitrogens with two attached hydrogens (primary N) is 1. The minimum atomic E-state index is -0.454. The fraction of sp³-hybridized carbons (Fsp3) is 0.923. The van der Waals surface area contributed by atoms with E-state index >= 15 is 0 Å². The maximum Gasteiger partial charge on any atom is 0.410 e. The van der Waals surface area contributed by atoms with Crippen molar-refractivity contribution < 1.29 is 14.3 Å². The normalized spacial score (nSPS) is 40.4. The van der Waals surface area contributed by atoms with E-state index in [1.807, 2.05) is 20.8 Å². The molecule has 18 heavy (non-hydrogen) atoms. The molecule has 0 aromatic carbocycles. The van der Waals surface area contributed by atoms with Crippen molar-refractivity contribution in [1.82, 2.24) is 4.90 Å². The van der Waals surface area contributed by atoms with Gasteiger partial charge in [-0.25, -0.2) is 4.79 Å². The Bertz CT molecular complexity index is 401. The van der Waals surface area contributed by atoms with Crippen molar-refractivity contribution in [3.8, 4) is 0 Å². The molecule has 102 valence electrons. The van der Waals surface area contributed by atoms with E-state index in [4.69, 9.17) is 15.2 Å². The Hall–Kier alpha value is -0.810. The molecule has 3 saturated heterocycles. The van der Waals surface area contributed by atoms with Crippen molar-refractivity contribution in [2.75, 3.05) is 13.1 Å². The standard InChI is InChI=1S/C13H22N2O3/c1-10(2,3)17-9(16)15-7-13(8-15)12(14)5-11(4,6-12)18-13/h5-8,14H2,1-4H3. The first kappa shape index (κ1) is 12.2. The molecular formula is C13H22N2O3. The summed E-state index contributed by atoms with van der Waals surface area (Å²) >= 11 is 0. The summed E-state index contributed by atoms with van der Waals surface area (Å²) in [4.78, 5) is 13.6. The van der Waals surface area contributed by atoms with Crippen LogP contribution in [0.1, 0.15) is 40.5 Å². The van der Waals surface area contributed by atoms with E-state index in [-0.39, 0.29) is 22.8 Å². The topological polar surface area (TPSA) is 64.8 Å². The van der Waals surface area contributed by atoms with E-state index in [2.05, 4.69) is 6.92 Å². The molecule has 4 fully saturated rings. The van der Waals surface area contributed by atoms with Crippen LogP contribution in [-0.4, -0.2) is 46.4 Å². The van der Waals surface area contributed by atoms with E-state index in [9.17, 15) is 4.79 Å². The quantitative estimate of drug-likeness (QED) is 0.706. The third kappa shape index (κ3) is 1.50. The zero-order chi connectivity index (χ0) is 13.4. The van der Waals surface area contributed by atoms with Crippen LogP contribution in [0.3, 0.4) is 0 Å². The predicted molar refractivity (Wildman–Crippen MR) is 66.2 cm³/mol. The lowest BCUT2D eigenvalue weighted by molar-refractivity contribution is -0.136. The van der Waals surface area contributed by atoms with Gasteiger partial charge in [-0.15, -0.1) is 0 Å². The van der Waals surface area contributed by atoms with Crippen molar-refractivity contribution in [1.29, 1.82) is 0 Å². The summed E-state index contributed by atoms with van der Waals surface area (Å²) in [6, 6.07) is 0. The minimum absolute atomic E-state index is 0.0607.